The number of phenols is 1. The highest BCUT2D eigenvalue weighted by Gasteiger charge is 2.22. The average Bonchev–Trinajstić information content (AvgIpc) is 2.48. The Balaban J connectivity index is 1.76. The summed E-state index contributed by atoms with van der Waals surface area (Å²) in [6.07, 6.45) is 5.06. The van der Waals surface area contributed by atoms with Gasteiger partial charge in [-0.2, -0.15) is 0 Å². The first-order valence-corrected chi connectivity index (χ1v) is 7.85. The molecule has 0 saturated carbocycles. The van der Waals surface area contributed by atoms with Crippen LogP contribution in [0, 0.1) is 5.92 Å². The Bertz CT molecular complexity index is 382. The molecule has 0 aliphatic carbocycles. The molecule has 0 spiro atoms. The van der Waals surface area contributed by atoms with Gasteiger partial charge in [-0.25, -0.2) is 0 Å². The van der Waals surface area contributed by atoms with Crippen LogP contribution in [0.4, 0.5) is 0 Å². The summed E-state index contributed by atoms with van der Waals surface area (Å²) in [5.41, 5.74) is 1.31. The molecule has 3 heteroatoms. The molecule has 112 valence electrons. The van der Waals surface area contributed by atoms with Crippen molar-refractivity contribution in [3.8, 4) is 5.75 Å². The lowest BCUT2D eigenvalue weighted by atomic mass is 9.92. The van der Waals surface area contributed by atoms with E-state index in [9.17, 15) is 5.11 Å². The summed E-state index contributed by atoms with van der Waals surface area (Å²) < 4.78 is 0. The van der Waals surface area contributed by atoms with Crippen LogP contribution in [0.15, 0.2) is 24.3 Å². The summed E-state index contributed by atoms with van der Waals surface area (Å²) >= 11 is 0. The molecule has 1 aliphatic rings. The number of hydrogen-bond donors (Lipinski definition) is 2. The van der Waals surface area contributed by atoms with Crippen LogP contribution in [0.2, 0.25) is 0 Å². The Morgan fingerprint density at radius 1 is 1.25 bits per heavy atom. The Kier molecular flexibility index (Phi) is 5.86. The van der Waals surface area contributed by atoms with Crippen LogP contribution in [-0.4, -0.2) is 42.7 Å². The quantitative estimate of drug-likeness (QED) is 0.838. The molecule has 1 heterocycles. The minimum absolute atomic E-state index is 0.353. The topological polar surface area (TPSA) is 35.5 Å². The van der Waals surface area contributed by atoms with E-state index in [0.717, 1.165) is 18.9 Å². The van der Waals surface area contributed by atoms with Gasteiger partial charge in [-0.05, 0) is 82.9 Å². The second kappa shape index (κ2) is 7.65. The second-order valence-corrected chi connectivity index (χ2v) is 6.09. The van der Waals surface area contributed by atoms with Gasteiger partial charge in [0.15, 0.2) is 0 Å². The number of likely N-dealkylation sites (tertiary alicyclic amines) is 1. The van der Waals surface area contributed by atoms with Crippen molar-refractivity contribution in [1.29, 1.82) is 0 Å². The Labute approximate surface area is 123 Å². The van der Waals surface area contributed by atoms with E-state index in [1.165, 1.54) is 37.9 Å². The molecule has 2 rings (SSSR count). The van der Waals surface area contributed by atoms with E-state index >= 15 is 0 Å². The van der Waals surface area contributed by atoms with Crippen LogP contribution >= 0.6 is 0 Å². The summed E-state index contributed by atoms with van der Waals surface area (Å²) in [5, 5.41) is 12.6. The summed E-state index contributed by atoms with van der Waals surface area (Å²) in [4.78, 5) is 2.61. The molecule has 1 fully saturated rings. The maximum atomic E-state index is 9.32. The Morgan fingerprint density at radius 3 is 2.50 bits per heavy atom. The lowest BCUT2D eigenvalue weighted by Gasteiger charge is -2.36. The highest BCUT2D eigenvalue weighted by atomic mass is 16.3. The second-order valence-electron chi connectivity index (χ2n) is 6.09. The zero-order valence-corrected chi connectivity index (χ0v) is 12.8. The van der Waals surface area contributed by atoms with Crippen LogP contribution in [0.25, 0.3) is 0 Å². The lowest BCUT2D eigenvalue weighted by molar-refractivity contribution is 0.137. The highest BCUT2D eigenvalue weighted by Crippen LogP contribution is 2.23. The smallest absolute Gasteiger partial charge is 0.115 e. The largest absolute Gasteiger partial charge is 0.508 e. The van der Waals surface area contributed by atoms with Gasteiger partial charge in [-0.3, -0.25) is 0 Å². The first-order chi connectivity index (χ1) is 9.69. The van der Waals surface area contributed by atoms with E-state index in [4.69, 9.17) is 0 Å². The standard InChI is InChI=1S/C17H28N2O/c1-14(13-16-3-5-17(20)6-4-16)19-11-8-15(9-12-19)7-10-18-2/h3-6,14-15,18,20H,7-13H2,1-2H3. The van der Waals surface area contributed by atoms with Gasteiger partial charge in [-0.1, -0.05) is 12.1 Å². The maximum absolute atomic E-state index is 9.32. The molecule has 0 aromatic heterocycles. The van der Waals surface area contributed by atoms with E-state index < -0.39 is 0 Å². The molecule has 1 aliphatic heterocycles. The van der Waals surface area contributed by atoms with E-state index in [2.05, 4.69) is 17.1 Å². The van der Waals surface area contributed by atoms with Gasteiger partial charge >= 0.3 is 0 Å². The number of nitrogens with zero attached hydrogens (tertiary/aromatic N) is 1. The molecule has 0 bridgehead atoms. The molecule has 3 nitrogen and oxygen atoms in total. The van der Waals surface area contributed by atoms with Gasteiger partial charge in [-0.15, -0.1) is 0 Å². The van der Waals surface area contributed by atoms with Crippen LogP contribution in [0.3, 0.4) is 0 Å². The number of rotatable bonds is 6. The fourth-order valence-electron chi connectivity index (χ4n) is 3.13. The molecule has 1 aromatic carbocycles. The fraction of sp³-hybridized carbons (Fsp3) is 0.647. The van der Waals surface area contributed by atoms with Gasteiger partial charge in [0.25, 0.3) is 0 Å². The predicted octanol–water partition coefficient (Wildman–Crippen LogP) is 2.64. The zero-order valence-electron chi connectivity index (χ0n) is 12.8. The number of hydrogen-bond acceptors (Lipinski definition) is 3. The molecular weight excluding hydrogens is 248 g/mol. The van der Waals surface area contributed by atoms with Gasteiger partial charge in [0.2, 0.25) is 0 Å². The van der Waals surface area contributed by atoms with Crippen molar-refractivity contribution in [1.82, 2.24) is 10.2 Å². The highest BCUT2D eigenvalue weighted by molar-refractivity contribution is 5.26. The predicted molar refractivity (Wildman–Crippen MR) is 84.1 cm³/mol. The molecular formula is C17H28N2O. The van der Waals surface area contributed by atoms with Gasteiger partial charge in [0.05, 0.1) is 0 Å². The van der Waals surface area contributed by atoms with E-state index in [0.29, 0.717) is 11.8 Å². The van der Waals surface area contributed by atoms with Gasteiger partial charge < -0.3 is 15.3 Å². The third kappa shape index (κ3) is 4.50. The zero-order chi connectivity index (χ0) is 14.4. The number of piperidine rings is 1. The summed E-state index contributed by atoms with van der Waals surface area (Å²) in [5.74, 6) is 1.26. The van der Waals surface area contributed by atoms with Gasteiger partial charge in [0.1, 0.15) is 5.75 Å². The third-order valence-corrected chi connectivity index (χ3v) is 4.54. The SMILES string of the molecule is CNCCC1CCN(C(C)Cc2ccc(O)cc2)CC1. The van der Waals surface area contributed by atoms with E-state index in [1.807, 2.05) is 19.2 Å². The van der Waals surface area contributed by atoms with Crippen molar-refractivity contribution < 1.29 is 5.11 Å². The first-order valence-electron chi connectivity index (χ1n) is 7.85. The van der Waals surface area contributed by atoms with Crippen LogP contribution in [0.1, 0.15) is 31.7 Å². The molecule has 20 heavy (non-hydrogen) atoms. The summed E-state index contributed by atoms with van der Waals surface area (Å²) in [7, 11) is 2.04. The minimum atomic E-state index is 0.353. The van der Waals surface area contributed by atoms with Crippen LogP contribution in [0.5, 0.6) is 5.75 Å². The van der Waals surface area contributed by atoms with E-state index in [1.54, 1.807) is 12.1 Å². The van der Waals surface area contributed by atoms with Crippen LogP contribution < -0.4 is 5.32 Å². The van der Waals surface area contributed by atoms with Crippen molar-refractivity contribution in [3.63, 3.8) is 0 Å². The van der Waals surface area contributed by atoms with Crippen LogP contribution in [-0.2, 0) is 6.42 Å². The summed E-state index contributed by atoms with van der Waals surface area (Å²) in [6.45, 7) is 5.93. The van der Waals surface area contributed by atoms with Crippen molar-refractivity contribution in [2.75, 3.05) is 26.7 Å². The average molecular weight is 276 g/mol. The lowest BCUT2D eigenvalue weighted by Crippen LogP contribution is -2.41. The molecule has 0 radical (unpaired) electrons. The molecule has 1 saturated heterocycles. The van der Waals surface area contributed by atoms with Crippen molar-refractivity contribution >= 4 is 0 Å². The fourth-order valence-corrected chi connectivity index (χ4v) is 3.13. The number of nitrogens with one attached hydrogen (secondary N) is 1. The van der Waals surface area contributed by atoms with E-state index in [-0.39, 0.29) is 0 Å². The molecule has 2 N–H and O–H groups in total. The molecule has 1 aromatic rings. The molecule has 1 atom stereocenters. The molecule has 0 amide bonds. The first kappa shape index (κ1) is 15.3. The maximum Gasteiger partial charge on any atom is 0.115 e. The monoisotopic (exact) mass is 276 g/mol. The van der Waals surface area contributed by atoms with Gasteiger partial charge in [0, 0.05) is 6.04 Å². The number of benzene rings is 1. The molecule has 1 unspecified atom stereocenters. The van der Waals surface area contributed by atoms with Crippen molar-refractivity contribution in [2.45, 2.75) is 38.6 Å². The third-order valence-electron chi connectivity index (χ3n) is 4.54. The van der Waals surface area contributed by atoms with Crippen molar-refractivity contribution in [2.24, 2.45) is 5.92 Å². The Hall–Kier alpha value is -1.06. The minimum Gasteiger partial charge on any atom is -0.508 e. The number of phenolic OH excluding ortho intramolecular Hbond substituents is 1. The summed E-state index contributed by atoms with van der Waals surface area (Å²) in [6, 6.07) is 8.22. The Morgan fingerprint density at radius 2 is 1.90 bits per heavy atom. The normalized spacial score (nSPS) is 19.1. The van der Waals surface area contributed by atoms with Crippen molar-refractivity contribution in [3.05, 3.63) is 29.8 Å². The number of aromatic hydroxyl groups is 1.